The summed E-state index contributed by atoms with van der Waals surface area (Å²) in [7, 11) is 0. The van der Waals surface area contributed by atoms with Crippen molar-refractivity contribution in [3.05, 3.63) is 53.8 Å². The van der Waals surface area contributed by atoms with Crippen LogP contribution in [0, 0.1) is 11.7 Å². The summed E-state index contributed by atoms with van der Waals surface area (Å²) in [6, 6.07) is 10.3. The standard InChI is InChI=1S/C25H27F7O2/c1-2-33-14-13-16-3-5-17(6-4-16)18-7-9-19(10-8-18)20-11-12-22(21(26)15-20)34-25(31,32)23(27)24(28,29)30/h7-12,15-17,23H,2-6,13-14H2,1H3. The fourth-order valence-electron chi connectivity index (χ4n) is 4.28. The van der Waals surface area contributed by atoms with Gasteiger partial charge < -0.3 is 9.47 Å². The first kappa shape index (κ1) is 26.3. The van der Waals surface area contributed by atoms with Crippen LogP contribution in [0.25, 0.3) is 11.1 Å². The second kappa shape index (κ2) is 11.0. The molecule has 0 spiro atoms. The van der Waals surface area contributed by atoms with E-state index >= 15 is 0 Å². The molecule has 2 aromatic carbocycles. The average Bonchev–Trinajstić information content (AvgIpc) is 2.80. The van der Waals surface area contributed by atoms with E-state index in [2.05, 4.69) is 4.74 Å². The molecule has 34 heavy (non-hydrogen) atoms. The van der Waals surface area contributed by atoms with Gasteiger partial charge in [-0.25, -0.2) is 8.78 Å². The second-order valence-corrected chi connectivity index (χ2v) is 8.54. The number of hydrogen-bond donors (Lipinski definition) is 0. The molecule has 0 amide bonds. The summed E-state index contributed by atoms with van der Waals surface area (Å²) in [5, 5.41) is 0. The van der Waals surface area contributed by atoms with Gasteiger partial charge in [-0.2, -0.15) is 22.0 Å². The molecular weight excluding hydrogens is 465 g/mol. The van der Waals surface area contributed by atoms with Gasteiger partial charge in [-0.1, -0.05) is 30.3 Å². The molecule has 0 radical (unpaired) electrons. The fourth-order valence-corrected chi connectivity index (χ4v) is 4.28. The Hall–Kier alpha value is -2.29. The minimum atomic E-state index is -5.84. The van der Waals surface area contributed by atoms with E-state index < -0.39 is 30.0 Å². The van der Waals surface area contributed by atoms with Gasteiger partial charge in [0.1, 0.15) is 0 Å². The lowest BCUT2D eigenvalue weighted by atomic mass is 9.77. The lowest BCUT2D eigenvalue weighted by Gasteiger charge is -2.29. The van der Waals surface area contributed by atoms with E-state index in [1.165, 1.54) is 6.07 Å². The summed E-state index contributed by atoms with van der Waals surface area (Å²) >= 11 is 0. The minimum Gasteiger partial charge on any atom is -0.427 e. The van der Waals surface area contributed by atoms with Crippen molar-refractivity contribution in [2.24, 2.45) is 5.92 Å². The van der Waals surface area contributed by atoms with E-state index in [1.54, 1.807) is 12.1 Å². The highest BCUT2D eigenvalue weighted by Crippen LogP contribution is 2.39. The van der Waals surface area contributed by atoms with E-state index in [0.29, 0.717) is 23.0 Å². The number of ether oxygens (including phenoxy) is 2. The first-order chi connectivity index (χ1) is 16.0. The van der Waals surface area contributed by atoms with Crippen molar-refractivity contribution in [1.82, 2.24) is 0 Å². The third kappa shape index (κ3) is 6.64. The van der Waals surface area contributed by atoms with Gasteiger partial charge in [0.15, 0.2) is 11.6 Å². The third-order valence-electron chi connectivity index (χ3n) is 6.20. The Labute approximate surface area is 194 Å². The number of rotatable bonds is 9. The van der Waals surface area contributed by atoms with Crippen LogP contribution in [0.5, 0.6) is 5.75 Å². The Morgan fingerprint density at radius 1 is 0.912 bits per heavy atom. The molecule has 1 fully saturated rings. The number of hydrogen-bond acceptors (Lipinski definition) is 2. The maximum absolute atomic E-state index is 14.3. The van der Waals surface area contributed by atoms with E-state index in [0.717, 1.165) is 63.0 Å². The lowest BCUT2D eigenvalue weighted by Crippen LogP contribution is -2.45. The molecule has 1 aliphatic carbocycles. The van der Waals surface area contributed by atoms with Gasteiger partial charge in [-0.15, -0.1) is 0 Å². The van der Waals surface area contributed by atoms with Crippen molar-refractivity contribution < 1.29 is 40.2 Å². The smallest absolute Gasteiger partial charge is 0.427 e. The SMILES string of the molecule is CCOCCC1CCC(c2ccc(-c3ccc(OC(F)(F)C(F)C(F)(F)F)c(F)c3)cc2)CC1. The van der Waals surface area contributed by atoms with E-state index in [-0.39, 0.29) is 0 Å². The van der Waals surface area contributed by atoms with Crippen LogP contribution in [0.1, 0.15) is 50.5 Å². The summed E-state index contributed by atoms with van der Waals surface area (Å²) in [4.78, 5) is 0. The molecule has 1 atom stereocenters. The summed E-state index contributed by atoms with van der Waals surface area (Å²) in [6.45, 7) is 3.49. The zero-order valence-electron chi connectivity index (χ0n) is 18.7. The molecule has 1 aliphatic rings. The van der Waals surface area contributed by atoms with Gasteiger partial charge in [0, 0.05) is 13.2 Å². The van der Waals surface area contributed by atoms with Gasteiger partial charge in [-0.05, 0) is 79.7 Å². The van der Waals surface area contributed by atoms with Crippen LogP contribution in [0.4, 0.5) is 30.7 Å². The Balaban J connectivity index is 1.62. The van der Waals surface area contributed by atoms with Crippen molar-refractivity contribution in [2.75, 3.05) is 13.2 Å². The molecule has 0 bridgehead atoms. The molecule has 9 heteroatoms. The van der Waals surface area contributed by atoms with E-state index in [4.69, 9.17) is 4.74 Å². The second-order valence-electron chi connectivity index (χ2n) is 8.54. The van der Waals surface area contributed by atoms with Crippen LogP contribution in [0.2, 0.25) is 0 Å². The molecular formula is C25H27F7O2. The van der Waals surface area contributed by atoms with E-state index in [9.17, 15) is 30.7 Å². The van der Waals surface area contributed by atoms with Crippen LogP contribution in [-0.2, 0) is 4.74 Å². The molecule has 3 rings (SSSR count). The fraction of sp³-hybridized carbons (Fsp3) is 0.520. The van der Waals surface area contributed by atoms with Gasteiger partial charge >= 0.3 is 12.3 Å². The van der Waals surface area contributed by atoms with Crippen molar-refractivity contribution in [3.8, 4) is 16.9 Å². The Kier molecular flexibility index (Phi) is 8.49. The Bertz CT molecular complexity index is 920. The van der Waals surface area contributed by atoms with Crippen LogP contribution in [0.3, 0.4) is 0 Å². The monoisotopic (exact) mass is 492 g/mol. The van der Waals surface area contributed by atoms with Crippen LogP contribution in [0.15, 0.2) is 42.5 Å². The number of benzene rings is 2. The van der Waals surface area contributed by atoms with Crippen LogP contribution in [-0.4, -0.2) is 31.7 Å². The summed E-state index contributed by atoms with van der Waals surface area (Å²) in [5.41, 5.74) is 2.09. The number of halogens is 7. The predicted molar refractivity (Wildman–Crippen MR) is 114 cm³/mol. The van der Waals surface area contributed by atoms with Crippen LogP contribution < -0.4 is 4.74 Å². The lowest BCUT2D eigenvalue weighted by molar-refractivity contribution is -0.305. The third-order valence-corrected chi connectivity index (χ3v) is 6.20. The largest absolute Gasteiger partial charge is 0.439 e. The van der Waals surface area contributed by atoms with Gasteiger partial charge in [-0.3, -0.25) is 0 Å². The molecule has 2 nitrogen and oxygen atoms in total. The minimum absolute atomic E-state index is 0.326. The molecule has 0 heterocycles. The quantitative estimate of drug-likeness (QED) is 0.260. The van der Waals surface area contributed by atoms with Gasteiger partial charge in [0.05, 0.1) is 0 Å². The average molecular weight is 492 g/mol. The molecule has 0 N–H and O–H groups in total. The Morgan fingerprint density at radius 2 is 1.53 bits per heavy atom. The van der Waals surface area contributed by atoms with Crippen molar-refractivity contribution >= 4 is 0 Å². The predicted octanol–water partition coefficient (Wildman–Crippen LogP) is 8.07. The summed E-state index contributed by atoms with van der Waals surface area (Å²) < 4.78 is 100. The maximum Gasteiger partial charge on any atom is 0.439 e. The molecule has 188 valence electrons. The Morgan fingerprint density at radius 3 is 2.09 bits per heavy atom. The molecule has 0 aromatic heterocycles. The van der Waals surface area contributed by atoms with Crippen LogP contribution >= 0.6 is 0 Å². The first-order valence-electron chi connectivity index (χ1n) is 11.3. The normalized spacial score (nSPS) is 20.2. The highest BCUT2D eigenvalue weighted by Gasteiger charge is 2.59. The van der Waals surface area contributed by atoms with E-state index in [1.807, 2.05) is 19.1 Å². The van der Waals surface area contributed by atoms with Crippen molar-refractivity contribution in [3.63, 3.8) is 0 Å². The highest BCUT2D eigenvalue weighted by molar-refractivity contribution is 5.64. The summed E-state index contributed by atoms with van der Waals surface area (Å²) in [5.74, 6) is -1.39. The first-order valence-corrected chi connectivity index (χ1v) is 11.3. The molecule has 1 saturated carbocycles. The molecule has 0 aliphatic heterocycles. The zero-order chi connectivity index (χ0) is 24.9. The van der Waals surface area contributed by atoms with Gasteiger partial charge in [0.25, 0.3) is 6.17 Å². The topological polar surface area (TPSA) is 18.5 Å². The van der Waals surface area contributed by atoms with Gasteiger partial charge in [0.2, 0.25) is 0 Å². The number of alkyl halides is 6. The zero-order valence-corrected chi connectivity index (χ0v) is 18.7. The molecule has 1 unspecified atom stereocenters. The molecule has 2 aromatic rings. The maximum atomic E-state index is 14.3. The summed E-state index contributed by atoms with van der Waals surface area (Å²) in [6.07, 6.45) is -10.2. The van der Waals surface area contributed by atoms with Crippen molar-refractivity contribution in [1.29, 1.82) is 0 Å². The van der Waals surface area contributed by atoms with Crippen molar-refractivity contribution in [2.45, 2.75) is 63.4 Å². The molecule has 0 saturated heterocycles. The highest BCUT2D eigenvalue weighted by atomic mass is 19.4.